The van der Waals surface area contributed by atoms with Gasteiger partial charge in [-0.2, -0.15) is 0 Å². The Hall–Kier alpha value is -0.563. The van der Waals surface area contributed by atoms with E-state index in [1.54, 1.807) is 11.1 Å². The minimum atomic E-state index is -1.08. The van der Waals surface area contributed by atoms with Gasteiger partial charge < -0.3 is 0 Å². The smallest absolute Gasteiger partial charge is 0.0525 e. The number of rotatable bonds is 1. The lowest BCUT2D eigenvalue weighted by Gasteiger charge is -2.36. The van der Waals surface area contributed by atoms with Crippen molar-refractivity contribution in [3.63, 3.8) is 0 Å². The van der Waals surface area contributed by atoms with Crippen LogP contribution in [0.1, 0.15) is 48.3 Å². The number of benzene rings is 1. The molecule has 1 aromatic rings. The number of hydrogen-bond donors (Lipinski definition) is 0. The second-order valence-corrected chi connectivity index (χ2v) is 12.4. The summed E-state index contributed by atoms with van der Waals surface area (Å²) in [5, 5.41) is 0. The monoisotopic (exact) mass is 244 g/mol. The minimum Gasteiger partial charge on any atom is -0.0691 e. The molecule has 0 heterocycles. The van der Waals surface area contributed by atoms with Crippen LogP contribution in [0.2, 0.25) is 19.6 Å². The van der Waals surface area contributed by atoms with Crippen molar-refractivity contribution in [2.24, 2.45) is 5.92 Å². The predicted molar refractivity (Wildman–Crippen MR) is 77.2 cm³/mol. The van der Waals surface area contributed by atoms with Crippen molar-refractivity contribution in [2.75, 3.05) is 0 Å². The molecule has 92 valence electrons. The zero-order chi connectivity index (χ0) is 12.0. The summed E-state index contributed by atoms with van der Waals surface area (Å²) in [5.41, 5.74) is 4.36. The molecule has 1 fully saturated rings. The fourth-order valence-electron chi connectivity index (χ4n) is 4.42. The Balaban J connectivity index is 2.09. The van der Waals surface area contributed by atoms with E-state index in [0.29, 0.717) is 0 Å². The molecule has 1 heteroatoms. The van der Waals surface area contributed by atoms with Crippen LogP contribution < -0.4 is 0 Å². The molecule has 0 radical (unpaired) electrons. The highest BCUT2D eigenvalue weighted by molar-refractivity contribution is 6.77. The van der Waals surface area contributed by atoms with Crippen molar-refractivity contribution in [1.82, 2.24) is 0 Å². The van der Waals surface area contributed by atoms with Gasteiger partial charge in [-0.25, -0.2) is 0 Å². The van der Waals surface area contributed by atoms with Crippen molar-refractivity contribution < 1.29 is 0 Å². The van der Waals surface area contributed by atoms with Crippen molar-refractivity contribution >= 4 is 8.07 Å². The lowest BCUT2D eigenvalue weighted by molar-refractivity contribution is 0.319. The summed E-state index contributed by atoms with van der Waals surface area (Å²) in [5.74, 6) is 1.88. The first-order valence-electron chi connectivity index (χ1n) is 7.18. The molecule has 0 saturated heterocycles. The second kappa shape index (κ2) is 3.98. The SMILES string of the molecule is C[Si](C)(C)C1c2ccccc2C2CCCCC21. The first kappa shape index (κ1) is 11.5. The number of fused-ring (bicyclic) bond motifs is 3. The molecule has 1 aromatic carbocycles. The van der Waals surface area contributed by atoms with E-state index in [4.69, 9.17) is 0 Å². The van der Waals surface area contributed by atoms with Crippen LogP contribution in [0.3, 0.4) is 0 Å². The second-order valence-electron chi connectivity index (χ2n) is 7.03. The molecule has 2 aliphatic carbocycles. The standard InChI is InChI=1S/C16H24Si/c1-17(2,3)16-14-10-6-4-8-12(14)13-9-5-7-11-15(13)16/h4,6,8,10,13,15-16H,5,7,9,11H2,1-3H3. The predicted octanol–water partition coefficient (Wildman–Crippen LogP) is 4.94. The Morgan fingerprint density at radius 1 is 0.941 bits per heavy atom. The Morgan fingerprint density at radius 2 is 1.59 bits per heavy atom. The summed E-state index contributed by atoms with van der Waals surface area (Å²) in [6.07, 6.45) is 5.85. The van der Waals surface area contributed by atoms with Crippen LogP contribution in [0.4, 0.5) is 0 Å². The number of hydrogen-bond acceptors (Lipinski definition) is 0. The van der Waals surface area contributed by atoms with Gasteiger partial charge >= 0.3 is 0 Å². The summed E-state index contributed by atoms with van der Waals surface area (Å²) < 4.78 is 0. The third kappa shape index (κ3) is 1.79. The maximum atomic E-state index is 2.56. The molecule has 0 bridgehead atoms. The molecule has 3 atom stereocenters. The van der Waals surface area contributed by atoms with Crippen LogP contribution >= 0.6 is 0 Å². The molecule has 0 spiro atoms. The van der Waals surface area contributed by atoms with Gasteiger partial charge in [0.2, 0.25) is 0 Å². The quantitative estimate of drug-likeness (QED) is 0.614. The molecule has 0 aromatic heterocycles. The molecule has 0 amide bonds. The third-order valence-corrected chi connectivity index (χ3v) is 7.52. The van der Waals surface area contributed by atoms with E-state index < -0.39 is 8.07 Å². The van der Waals surface area contributed by atoms with Gasteiger partial charge in [0.1, 0.15) is 0 Å². The topological polar surface area (TPSA) is 0 Å². The fraction of sp³-hybridized carbons (Fsp3) is 0.625. The van der Waals surface area contributed by atoms with E-state index in [1.807, 2.05) is 0 Å². The Labute approximate surface area is 106 Å². The third-order valence-electron chi connectivity index (χ3n) is 4.91. The zero-order valence-electron chi connectivity index (χ0n) is 11.4. The average molecular weight is 244 g/mol. The fourth-order valence-corrected chi connectivity index (χ4v) is 7.30. The lowest BCUT2D eigenvalue weighted by atomic mass is 9.79. The maximum Gasteiger partial charge on any atom is 0.0525 e. The molecule has 17 heavy (non-hydrogen) atoms. The van der Waals surface area contributed by atoms with Crippen LogP contribution in [-0.4, -0.2) is 8.07 Å². The van der Waals surface area contributed by atoms with Gasteiger partial charge in [-0.3, -0.25) is 0 Å². The van der Waals surface area contributed by atoms with Crippen LogP contribution in [-0.2, 0) is 0 Å². The van der Waals surface area contributed by atoms with Gasteiger partial charge in [0.25, 0.3) is 0 Å². The molecule has 0 aliphatic heterocycles. The van der Waals surface area contributed by atoms with Crippen molar-refractivity contribution in [2.45, 2.75) is 56.8 Å². The lowest BCUT2D eigenvalue weighted by Crippen LogP contribution is -2.35. The van der Waals surface area contributed by atoms with E-state index in [9.17, 15) is 0 Å². The van der Waals surface area contributed by atoms with E-state index in [1.165, 1.54) is 25.7 Å². The van der Waals surface area contributed by atoms with Crippen molar-refractivity contribution in [1.29, 1.82) is 0 Å². The summed E-state index contributed by atoms with van der Waals surface area (Å²) in [6.45, 7) is 7.68. The molecular weight excluding hydrogens is 220 g/mol. The molecule has 0 N–H and O–H groups in total. The summed E-state index contributed by atoms with van der Waals surface area (Å²) in [4.78, 5) is 0. The van der Waals surface area contributed by atoms with Gasteiger partial charge in [-0.05, 0) is 41.3 Å². The van der Waals surface area contributed by atoms with Crippen molar-refractivity contribution in [3.8, 4) is 0 Å². The summed E-state index contributed by atoms with van der Waals surface area (Å²) in [6, 6.07) is 9.34. The average Bonchev–Trinajstić information content (AvgIpc) is 2.63. The minimum absolute atomic E-state index is 0.900. The van der Waals surface area contributed by atoms with E-state index >= 15 is 0 Å². The van der Waals surface area contributed by atoms with Crippen LogP contribution in [0.5, 0.6) is 0 Å². The first-order chi connectivity index (χ1) is 8.09. The zero-order valence-corrected chi connectivity index (χ0v) is 12.4. The summed E-state index contributed by atoms with van der Waals surface area (Å²) >= 11 is 0. The van der Waals surface area contributed by atoms with Gasteiger partial charge in [-0.15, -0.1) is 0 Å². The van der Waals surface area contributed by atoms with Gasteiger partial charge in [0.15, 0.2) is 0 Å². The summed E-state index contributed by atoms with van der Waals surface area (Å²) in [7, 11) is -1.08. The molecule has 2 aliphatic rings. The van der Waals surface area contributed by atoms with E-state index in [2.05, 4.69) is 43.9 Å². The van der Waals surface area contributed by atoms with Crippen molar-refractivity contribution in [3.05, 3.63) is 35.4 Å². The normalized spacial score (nSPS) is 32.1. The Kier molecular flexibility index (Phi) is 2.70. The highest BCUT2D eigenvalue weighted by atomic mass is 28.3. The van der Waals surface area contributed by atoms with E-state index in [-0.39, 0.29) is 0 Å². The molecular formula is C16H24Si. The Bertz CT molecular complexity index is 416. The van der Waals surface area contributed by atoms with E-state index in [0.717, 1.165) is 17.4 Å². The highest BCUT2D eigenvalue weighted by Gasteiger charge is 2.46. The largest absolute Gasteiger partial charge is 0.0691 e. The van der Waals surface area contributed by atoms with Gasteiger partial charge in [-0.1, -0.05) is 56.7 Å². The van der Waals surface area contributed by atoms with Gasteiger partial charge in [0.05, 0.1) is 8.07 Å². The molecule has 0 nitrogen and oxygen atoms in total. The van der Waals surface area contributed by atoms with Crippen LogP contribution in [0, 0.1) is 5.92 Å². The van der Waals surface area contributed by atoms with Crippen LogP contribution in [0.25, 0.3) is 0 Å². The highest BCUT2D eigenvalue weighted by Crippen LogP contribution is 2.55. The Morgan fingerprint density at radius 3 is 2.29 bits per heavy atom. The van der Waals surface area contributed by atoms with Gasteiger partial charge in [0, 0.05) is 0 Å². The van der Waals surface area contributed by atoms with Crippen LogP contribution in [0.15, 0.2) is 24.3 Å². The first-order valence-corrected chi connectivity index (χ1v) is 10.8. The molecule has 1 saturated carbocycles. The molecule has 3 rings (SSSR count). The maximum absolute atomic E-state index is 2.56. The molecule has 3 unspecified atom stereocenters.